The summed E-state index contributed by atoms with van der Waals surface area (Å²) in [4.78, 5) is 36.5. The number of aliphatic hydroxyl groups is 1. The van der Waals surface area contributed by atoms with E-state index < -0.39 is 12.1 Å². The lowest BCUT2D eigenvalue weighted by Crippen LogP contribution is -2.47. The molecule has 0 aliphatic carbocycles. The Morgan fingerprint density at radius 1 is 1.29 bits per heavy atom. The number of aryl methyl sites for hydroxylation is 1. The van der Waals surface area contributed by atoms with Crippen molar-refractivity contribution < 1.29 is 24.1 Å². The predicted molar refractivity (Wildman–Crippen MR) is 110 cm³/mol. The Morgan fingerprint density at radius 3 is 2.84 bits per heavy atom. The van der Waals surface area contributed by atoms with Crippen LogP contribution in [-0.4, -0.2) is 70.4 Å². The number of hydrogen-bond donors (Lipinski definition) is 2. The van der Waals surface area contributed by atoms with Crippen molar-refractivity contribution in [1.82, 2.24) is 15.4 Å². The number of rotatable bonds is 6. The van der Waals surface area contributed by atoms with E-state index in [0.29, 0.717) is 17.3 Å². The lowest BCUT2D eigenvalue weighted by atomic mass is 10.1. The fourth-order valence-electron chi connectivity index (χ4n) is 3.60. The molecule has 1 unspecified atom stereocenters. The normalized spacial score (nSPS) is 20.6. The third-order valence-electron chi connectivity index (χ3n) is 5.07. The Balaban J connectivity index is 1.37. The highest BCUT2D eigenvalue weighted by atomic mass is 16.6. The highest BCUT2D eigenvalue weighted by Gasteiger charge is 2.39. The van der Waals surface area contributed by atoms with E-state index in [1.165, 1.54) is 4.90 Å². The van der Waals surface area contributed by atoms with Gasteiger partial charge in [0.05, 0.1) is 30.5 Å². The van der Waals surface area contributed by atoms with Crippen molar-refractivity contribution in [2.24, 2.45) is 10.1 Å². The quantitative estimate of drug-likeness (QED) is 0.691. The number of oxime groups is 1. The van der Waals surface area contributed by atoms with Crippen LogP contribution in [0.25, 0.3) is 0 Å². The molecule has 1 fully saturated rings. The maximum atomic E-state index is 12.8. The number of benzene rings is 1. The zero-order valence-corrected chi connectivity index (χ0v) is 17.0. The van der Waals surface area contributed by atoms with Crippen LogP contribution >= 0.6 is 0 Å². The third kappa shape index (κ3) is 4.97. The number of β-amino-alcohol motifs (C(OH)–C–C–N with tert-alkyl or cyclic N) is 1. The molecule has 4 rings (SSSR count). The maximum Gasteiger partial charge on any atom is 0.243 e. The van der Waals surface area contributed by atoms with Crippen LogP contribution in [0.15, 0.2) is 51.1 Å². The van der Waals surface area contributed by atoms with Gasteiger partial charge in [-0.3, -0.25) is 9.59 Å². The molecule has 0 saturated carbocycles. The highest BCUT2D eigenvalue weighted by Crippen LogP contribution is 2.20. The summed E-state index contributed by atoms with van der Waals surface area (Å²) in [6.07, 6.45) is -0.633. The molecule has 1 saturated heterocycles. The van der Waals surface area contributed by atoms with Gasteiger partial charge in [-0.15, -0.1) is 0 Å². The van der Waals surface area contributed by atoms with Crippen LogP contribution in [0.5, 0.6) is 0 Å². The molecule has 10 nitrogen and oxygen atoms in total. The van der Waals surface area contributed by atoms with E-state index in [9.17, 15) is 14.7 Å². The molecule has 0 radical (unpaired) electrons. The minimum absolute atomic E-state index is 0.0252. The number of likely N-dealkylation sites (tertiary alicyclic amines) is 1. The molecule has 162 valence electrons. The second-order valence-corrected chi connectivity index (χ2v) is 7.49. The largest absolute Gasteiger partial charge is 0.391 e. The van der Waals surface area contributed by atoms with Gasteiger partial charge < -0.3 is 24.7 Å². The molecule has 2 amide bonds. The summed E-state index contributed by atoms with van der Waals surface area (Å²) >= 11 is 0. The monoisotopic (exact) mass is 425 g/mol. The van der Waals surface area contributed by atoms with Crippen LogP contribution < -0.4 is 5.32 Å². The van der Waals surface area contributed by atoms with Gasteiger partial charge in [-0.1, -0.05) is 40.6 Å². The second kappa shape index (κ2) is 9.09. The van der Waals surface area contributed by atoms with Crippen LogP contribution in [0.3, 0.4) is 0 Å². The van der Waals surface area contributed by atoms with Crippen molar-refractivity contribution in [2.75, 3.05) is 19.7 Å². The number of amides is 2. The summed E-state index contributed by atoms with van der Waals surface area (Å²) in [6.45, 7) is 2.14. The molecular weight excluding hydrogens is 402 g/mol. The summed E-state index contributed by atoms with van der Waals surface area (Å²) < 4.78 is 5.09. The topological polar surface area (TPSA) is 130 Å². The molecule has 1 aromatic carbocycles. The van der Waals surface area contributed by atoms with Crippen molar-refractivity contribution >= 4 is 23.4 Å². The molecule has 2 N–H and O–H groups in total. The first-order valence-electron chi connectivity index (χ1n) is 9.99. The predicted octanol–water partition coefficient (Wildman–Crippen LogP) is 0.437. The minimum atomic E-state index is -0.783. The summed E-state index contributed by atoms with van der Waals surface area (Å²) in [5, 5.41) is 20.4. The van der Waals surface area contributed by atoms with Gasteiger partial charge in [0.25, 0.3) is 0 Å². The fraction of sp³-hybridized carbons (Fsp3) is 0.381. The number of aliphatic hydroxyl groups excluding tert-OH is 1. The number of carbonyl (C=O) groups is 2. The molecule has 2 aromatic rings. The van der Waals surface area contributed by atoms with E-state index in [-0.39, 0.29) is 44.4 Å². The van der Waals surface area contributed by atoms with Crippen LogP contribution in [-0.2, 0) is 20.8 Å². The number of aliphatic imine (C=N–C) groups is 1. The van der Waals surface area contributed by atoms with Crippen molar-refractivity contribution in [1.29, 1.82) is 0 Å². The van der Waals surface area contributed by atoms with E-state index in [1.807, 2.05) is 30.3 Å². The Hall–Kier alpha value is -3.53. The summed E-state index contributed by atoms with van der Waals surface area (Å²) in [5.74, 6) is 0.0468. The molecule has 0 bridgehead atoms. The van der Waals surface area contributed by atoms with E-state index in [2.05, 4.69) is 20.6 Å². The smallest absolute Gasteiger partial charge is 0.243 e. The fourth-order valence-corrected chi connectivity index (χ4v) is 3.60. The lowest BCUT2D eigenvalue weighted by molar-refractivity contribution is -0.138. The molecule has 2 aliphatic heterocycles. The molecule has 31 heavy (non-hydrogen) atoms. The van der Waals surface area contributed by atoms with Gasteiger partial charge in [-0.2, -0.15) is 0 Å². The third-order valence-corrected chi connectivity index (χ3v) is 5.07. The van der Waals surface area contributed by atoms with Crippen LogP contribution in [0.4, 0.5) is 0 Å². The van der Waals surface area contributed by atoms with Crippen molar-refractivity contribution in [3.05, 3.63) is 53.4 Å². The highest BCUT2D eigenvalue weighted by molar-refractivity contribution is 6.09. The molecular formula is C21H23N5O5. The van der Waals surface area contributed by atoms with Gasteiger partial charge in [0, 0.05) is 19.0 Å². The Morgan fingerprint density at radius 2 is 2.10 bits per heavy atom. The van der Waals surface area contributed by atoms with Gasteiger partial charge >= 0.3 is 0 Å². The van der Waals surface area contributed by atoms with Gasteiger partial charge in [0.15, 0.2) is 12.4 Å². The molecule has 1 aromatic heterocycles. The van der Waals surface area contributed by atoms with Gasteiger partial charge in [0.1, 0.15) is 11.8 Å². The lowest BCUT2D eigenvalue weighted by Gasteiger charge is -2.23. The average Bonchev–Trinajstić information content (AvgIpc) is 3.38. The zero-order valence-electron chi connectivity index (χ0n) is 17.0. The standard InChI is InChI=1S/C21H23N5O5/c1-13-7-16(31-24-13)9-20(28)26-11-15(27)8-18(26)21(29)22-10-19-23-17(12-30-25-19)14-5-3-2-4-6-14/h2-7,15,18,27H,8-12H2,1H3,(H,22,29)/t15?,18-/m0/s1. The number of aromatic nitrogens is 1. The summed E-state index contributed by atoms with van der Waals surface area (Å²) in [5.41, 5.74) is 2.30. The molecule has 2 atom stereocenters. The zero-order chi connectivity index (χ0) is 21.8. The number of carbonyl (C=O) groups excluding carboxylic acids is 2. The molecule has 2 aliphatic rings. The van der Waals surface area contributed by atoms with Crippen molar-refractivity contribution in [3.8, 4) is 0 Å². The van der Waals surface area contributed by atoms with E-state index in [1.54, 1.807) is 13.0 Å². The summed E-state index contributed by atoms with van der Waals surface area (Å²) in [6, 6.07) is 10.4. The molecule has 10 heteroatoms. The minimum Gasteiger partial charge on any atom is -0.391 e. The first-order valence-corrected chi connectivity index (χ1v) is 9.99. The number of amidine groups is 1. The van der Waals surface area contributed by atoms with E-state index in [0.717, 1.165) is 11.3 Å². The van der Waals surface area contributed by atoms with Crippen molar-refractivity contribution in [3.63, 3.8) is 0 Å². The Kier molecular flexibility index (Phi) is 6.08. The van der Waals surface area contributed by atoms with Crippen LogP contribution in [0, 0.1) is 6.92 Å². The number of nitrogens with one attached hydrogen (secondary N) is 1. The second-order valence-electron chi connectivity index (χ2n) is 7.49. The van der Waals surface area contributed by atoms with Crippen molar-refractivity contribution in [2.45, 2.75) is 31.9 Å². The maximum absolute atomic E-state index is 12.8. The van der Waals surface area contributed by atoms with E-state index >= 15 is 0 Å². The number of nitrogens with zero attached hydrogens (tertiary/aromatic N) is 4. The van der Waals surface area contributed by atoms with Gasteiger partial charge in [-0.05, 0) is 12.5 Å². The Bertz CT molecular complexity index is 1020. The van der Waals surface area contributed by atoms with Crippen LogP contribution in [0.1, 0.15) is 23.4 Å². The summed E-state index contributed by atoms with van der Waals surface area (Å²) in [7, 11) is 0. The van der Waals surface area contributed by atoms with Gasteiger partial charge in [0.2, 0.25) is 11.8 Å². The molecule has 3 heterocycles. The average molecular weight is 425 g/mol. The van der Waals surface area contributed by atoms with Crippen LogP contribution in [0.2, 0.25) is 0 Å². The molecule has 0 spiro atoms. The van der Waals surface area contributed by atoms with Gasteiger partial charge in [-0.25, -0.2) is 4.99 Å². The van der Waals surface area contributed by atoms with E-state index in [4.69, 9.17) is 9.36 Å². The first-order chi connectivity index (χ1) is 15.0. The number of hydrogen-bond acceptors (Lipinski definition) is 8. The first kappa shape index (κ1) is 20.7. The Labute approximate surface area is 178 Å². The SMILES string of the molecule is Cc1cc(CC(=O)N2CC(O)C[C@H]2C(=O)NCC2=NOCC(c3ccccc3)=N2)on1.